The molecular weight excluding hydrogens is 423 g/mol. The van der Waals surface area contributed by atoms with Crippen LogP contribution in [0, 0.1) is 12.7 Å². The Kier molecular flexibility index (Phi) is 6.39. The molecule has 0 unspecified atom stereocenters. The SMILES string of the molecule is Cc1ccc(NC(=O)CSc2nnc(-c3ccccc3Cl)n2C2CCCC2)c(F)c1. The molecule has 1 saturated carbocycles. The zero-order valence-electron chi connectivity index (χ0n) is 16.6. The summed E-state index contributed by atoms with van der Waals surface area (Å²) in [6.07, 6.45) is 4.40. The summed E-state index contributed by atoms with van der Waals surface area (Å²) in [5.41, 5.74) is 1.81. The summed E-state index contributed by atoms with van der Waals surface area (Å²) in [4.78, 5) is 12.4. The summed E-state index contributed by atoms with van der Waals surface area (Å²) in [7, 11) is 0. The standard InChI is InChI=1S/C22H22ClFN4OS/c1-14-10-11-19(18(24)12-14)25-20(29)13-30-22-27-26-21(16-8-4-5-9-17(16)23)28(22)15-6-2-3-7-15/h4-5,8-12,15H,2-3,6-7,13H2,1H3,(H,25,29). The normalized spacial score (nSPS) is 14.2. The molecule has 1 fully saturated rings. The van der Waals surface area contributed by atoms with Gasteiger partial charge in [0.15, 0.2) is 11.0 Å². The van der Waals surface area contributed by atoms with Gasteiger partial charge in [0.05, 0.1) is 16.5 Å². The van der Waals surface area contributed by atoms with E-state index in [2.05, 4.69) is 20.1 Å². The lowest BCUT2D eigenvalue weighted by molar-refractivity contribution is -0.113. The van der Waals surface area contributed by atoms with Gasteiger partial charge in [0, 0.05) is 11.6 Å². The van der Waals surface area contributed by atoms with E-state index in [1.165, 1.54) is 17.8 Å². The van der Waals surface area contributed by atoms with Crippen LogP contribution in [-0.2, 0) is 4.79 Å². The zero-order valence-corrected chi connectivity index (χ0v) is 18.1. The van der Waals surface area contributed by atoms with Crippen molar-refractivity contribution in [1.82, 2.24) is 14.8 Å². The van der Waals surface area contributed by atoms with E-state index in [4.69, 9.17) is 11.6 Å². The largest absolute Gasteiger partial charge is 0.323 e. The van der Waals surface area contributed by atoms with E-state index in [1.807, 2.05) is 24.3 Å². The molecule has 0 bridgehead atoms. The first kappa shape index (κ1) is 20.9. The minimum absolute atomic E-state index is 0.112. The third-order valence-corrected chi connectivity index (χ3v) is 6.47. The Morgan fingerprint density at radius 3 is 2.73 bits per heavy atom. The second-order valence-electron chi connectivity index (χ2n) is 7.41. The van der Waals surface area contributed by atoms with Gasteiger partial charge in [0.1, 0.15) is 5.82 Å². The number of nitrogens with zero attached hydrogens (tertiary/aromatic N) is 3. The summed E-state index contributed by atoms with van der Waals surface area (Å²) in [5, 5.41) is 12.7. The molecule has 0 aliphatic heterocycles. The number of anilines is 1. The van der Waals surface area contributed by atoms with Gasteiger partial charge in [-0.15, -0.1) is 10.2 Å². The Hall–Kier alpha value is -2.38. The van der Waals surface area contributed by atoms with Gasteiger partial charge in [-0.2, -0.15) is 0 Å². The van der Waals surface area contributed by atoms with Crippen molar-refractivity contribution >= 4 is 35.0 Å². The molecule has 30 heavy (non-hydrogen) atoms. The number of hydrogen-bond acceptors (Lipinski definition) is 4. The molecule has 4 rings (SSSR count). The number of amides is 1. The van der Waals surface area contributed by atoms with Crippen molar-refractivity contribution in [3.8, 4) is 11.4 Å². The molecule has 156 valence electrons. The fourth-order valence-corrected chi connectivity index (χ4v) is 4.76. The Morgan fingerprint density at radius 1 is 1.23 bits per heavy atom. The molecule has 1 heterocycles. The Labute approximate surface area is 184 Å². The third kappa shape index (κ3) is 4.52. The third-order valence-electron chi connectivity index (χ3n) is 5.20. The lowest BCUT2D eigenvalue weighted by Crippen LogP contribution is -2.16. The molecule has 5 nitrogen and oxygen atoms in total. The highest BCUT2D eigenvalue weighted by atomic mass is 35.5. The van der Waals surface area contributed by atoms with Crippen LogP contribution >= 0.6 is 23.4 Å². The molecule has 1 amide bonds. The number of halogens is 2. The number of rotatable bonds is 6. The minimum Gasteiger partial charge on any atom is -0.323 e. The van der Waals surface area contributed by atoms with E-state index >= 15 is 0 Å². The number of thioether (sulfide) groups is 1. The maximum atomic E-state index is 14.0. The average Bonchev–Trinajstić information content (AvgIpc) is 3.38. The molecule has 1 N–H and O–H groups in total. The van der Waals surface area contributed by atoms with Gasteiger partial charge in [-0.1, -0.05) is 54.4 Å². The molecule has 1 aliphatic carbocycles. The van der Waals surface area contributed by atoms with Gasteiger partial charge in [-0.25, -0.2) is 4.39 Å². The summed E-state index contributed by atoms with van der Waals surface area (Å²) in [6, 6.07) is 12.6. The molecule has 0 saturated heterocycles. The number of aryl methyl sites for hydroxylation is 1. The number of aromatic nitrogens is 3. The van der Waals surface area contributed by atoms with Crippen molar-refractivity contribution < 1.29 is 9.18 Å². The molecule has 0 spiro atoms. The summed E-state index contributed by atoms with van der Waals surface area (Å²) < 4.78 is 16.1. The van der Waals surface area contributed by atoms with E-state index in [9.17, 15) is 9.18 Å². The van der Waals surface area contributed by atoms with Crippen molar-refractivity contribution in [2.75, 3.05) is 11.1 Å². The second kappa shape index (κ2) is 9.18. The molecule has 0 atom stereocenters. The Balaban J connectivity index is 1.54. The second-order valence-corrected chi connectivity index (χ2v) is 8.76. The molecule has 1 aliphatic rings. The first-order valence-corrected chi connectivity index (χ1v) is 11.3. The molecule has 8 heteroatoms. The van der Waals surface area contributed by atoms with Crippen molar-refractivity contribution in [3.63, 3.8) is 0 Å². The minimum atomic E-state index is -0.441. The van der Waals surface area contributed by atoms with Crippen LogP contribution in [0.2, 0.25) is 5.02 Å². The van der Waals surface area contributed by atoms with Crippen molar-refractivity contribution in [2.24, 2.45) is 0 Å². The summed E-state index contributed by atoms with van der Waals surface area (Å²) >= 11 is 7.71. The predicted octanol–water partition coefficient (Wildman–Crippen LogP) is 5.89. The van der Waals surface area contributed by atoms with Crippen LogP contribution in [0.25, 0.3) is 11.4 Å². The lowest BCUT2D eigenvalue weighted by atomic mass is 10.2. The van der Waals surface area contributed by atoms with E-state index in [1.54, 1.807) is 19.1 Å². The smallest absolute Gasteiger partial charge is 0.234 e. The van der Waals surface area contributed by atoms with Gasteiger partial charge >= 0.3 is 0 Å². The van der Waals surface area contributed by atoms with Crippen molar-refractivity contribution in [3.05, 3.63) is 58.9 Å². The van der Waals surface area contributed by atoms with E-state index < -0.39 is 5.82 Å². The fraction of sp³-hybridized carbons (Fsp3) is 0.318. The van der Waals surface area contributed by atoms with Crippen molar-refractivity contribution in [2.45, 2.75) is 43.8 Å². The van der Waals surface area contributed by atoms with Gasteiger partial charge < -0.3 is 5.32 Å². The highest BCUT2D eigenvalue weighted by Crippen LogP contribution is 2.38. The van der Waals surface area contributed by atoms with Crippen molar-refractivity contribution in [1.29, 1.82) is 0 Å². The Bertz CT molecular complexity index is 1070. The highest BCUT2D eigenvalue weighted by Gasteiger charge is 2.26. The molecular formula is C22H22ClFN4OS. The van der Waals surface area contributed by atoms with Crippen LogP contribution in [0.15, 0.2) is 47.6 Å². The number of hydrogen-bond donors (Lipinski definition) is 1. The van der Waals surface area contributed by atoms with Crippen LogP contribution in [0.1, 0.15) is 37.3 Å². The average molecular weight is 445 g/mol. The van der Waals surface area contributed by atoms with Gasteiger partial charge in [0.2, 0.25) is 5.91 Å². The van der Waals surface area contributed by atoms with Crippen LogP contribution in [-0.4, -0.2) is 26.4 Å². The van der Waals surface area contributed by atoms with E-state index in [0.29, 0.717) is 10.2 Å². The van der Waals surface area contributed by atoms with Gasteiger partial charge in [-0.3, -0.25) is 9.36 Å². The van der Waals surface area contributed by atoms with Crippen LogP contribution in [0.4, 0.5) is 10.1 Å². The van der Waals surface area contributed by atoms with E-state index in [-0.39, 0.29) is 23.4 Å². The molecule has 2 aromatic carbocycles. The van der Waals surface area contributed by atoms with Crippen LogP contribution in [0.3, 0.4) is 0 Å². The molecule has 0 radical (unpaired) electrons. The predicted molar refractivity (Wildman–Crippen MR) is 118 cm³/mol. The van der Waals surface area contributed by atoms with Crippen LogP contribution < -0.4 is 5.32 Å². The van der Waals surface area contributed by atoms with Crippen LogP contribution in [0.5, 0.6) is 0 Å². The summed E-state index contributed by atoms with van der Waals surface area (Å²) in [5.74, 6) is 0.104. The zero-order chi connectivity index (χ0) is 21.1. The van der Waals surface area contributed by atoms with Gasteiger partial charge in [-0.05, 0) is 49.6 Å². The lowest BCUT2D eigenvalue weighted by Gasteiger charge is -2.17. The van der Waals surface area contributed by atoms with Gasteiger partial charge in [0.25, 0.3) is 0 Å². The number of carbonyl (C=O) groups is 1. The first-order valence-electron chi connectivity index (χ1n) is 9.91. The number of nitrogens with one attached hydrogen (secondary N) is 1. The topological polar surface area (TPSA) is 59.8 Å². The molecule has 1 aromatic heterocycles. The molecule has 3 aromatic rings. The monoisotopic (exact) mass is 444 g/mol. The number of carbonyl (C=O) groups excluding carboxylic acids is 1. The van der Waals surface area contributed by atoms with E-state index in [0.717, 1.165) is 42.6 Å². The maximum absolute atomic E-state index is 14.0. The highest BCUT2D eigenvalue weighted by molar-refractivity contribution is 7.99. The Morgan fingerprint density at radius 2 is 2.00 bits per heavy atom. The fourth-order valence-electron chi connectivity index (χ4n) is 3.73. The maximum Gasteiger partial charge on any atom is 0.234 e. The number of benzene rings is 2. The first-order chi connectivity index (χ1) is 14.5. The quantitative estimate of drug-likeness (QED) is 0.481. The summed E-state index contributed by atoms with van der Waals surface area (Å²) in [6.45, 7) is 1.80.